The lowest BCUT2D eigenvalue weighted by atomic mass is 9.54. The number of carbonyl (C=O) groups is 3. The van der Waals surface area contributed by atoms with E-state index in [4.69, 9.17) is 9.47 Å². The Bertz CT molecular complexity index is 450. The highest BCUT2D eigenvalue weighted by Gasteiger charge is 2.57. The first-order valence-corrected chi connectivity index (χ1v) is 7.40. The maximum absolute atomic E-state index is 12.1. The van der Waals surface area contributed by atoms with E-state index in [1.807, 2.05) is 27.7 Å². The van der Waals surface area contributed by atoms with E-state index >= 15 is 0 Å². The highest BCUT2D eigenvalue weighted by Crippen LogP contribution is 2.53. The van der Waals surface area contributed by atoms with E-state index in [2.05, 4.69) is 0 Å². The van der Waals surface area contributed by atoms with Crippen LogP contribution in [-0.2, 0) is 23.9 Å². The quantitative estimate of drug-likeness (QED) is 0.576. The lowest BCUT2D eigenvalue weighted by molar-refractivity contribution is -0.162. The molecule has 0 aromatic heterocycles. The molecular weight excluding hydrogens is 272 g/mol. The Morgan fingerprint density at radius 1 is 1.24 bits per heavy atom. The molecule has 0 radical (unpaired) electrons. The van der Waals surface area contributed by atoms with Crippen LogP contribution in [0.1, 0.15) is 48.5 Å². The topological polar surface area (TPSA) is 69.7 Å². The molecule has 0 aliphatic carbocycles. The first-order chi connectivity index (χ1) is 9.48. The average molecular weight is 298 g/mol. The van der Waals surface area contributed by atoms with Gasteiger partial charge in [-0.3, -0.25) is 14.4 Å². The molecule has 0 spiro atoms. The maximum Gasteiger partial charge on any atom is 0.318 e. The van der Waals surface area contributed by atoms with Gasteiger partial charge in [-0.25, -0.2) is 0 Å². The number of ether oxygens (including phenoxy) is 2. The molecule has 1 rings (SSSR count). The molecule has 0 aromatic rings. The lowest BCUT2D eigenvalue weighted by Crippen LogP contribution is -2.49. The Kier molecular flexibility index (Phi) is 4.86. The van der Waals surface area contributed by atoms with Crippen molar-refractivity contribution in [3.63, 3.8) is 0 Å². The van der Waals surface area contributed by atoms with Crippen LogP contribution >= 0.6 is 0 Å². The van der Waals surface area contributed by atoms with Crippen molar-refractivity contribution in [1.29, 1.82) is 0 Å². The van der Waals surface area contributed by atoms with Crippen LogP contribution < -0.4 is 0 Å². The van der Waals surface area contributed by atoms with Crippen LogP contribution in [0.2, 0.25) is 0 Å². The van der Waals surface area contributed by atoms with Crippen molar-refractivity contribution in [3.8, 4) is 0 Å². The van der Waals surface area contributed by atoms with Gasteiger partial charge in [0.1, 0.15) is 0 Å². The summed E-state index contributed by atoms with van der Waals surface area (Å²) in [5, 5.41) is 0. The SMILES string of the molecule is CCOC(=O)C(C)C(C)(C)C(C)(C)C1C(=O)OC(=O)C1C. The van der Waals surface area contributed by atoms with Gasteiger partial charge in [-0.05, 0) is 17.8 Å². The summed E-state index contributed by atoms with van der Waals surface area (Å²) < 4.78 is 9.86. The Morgan fingerprint density at radius 3 is 2.14 bits per heavy atom. The second kappa shape index (κ2) is 5.78. The van der Waals surface area contributed by atoms with Crippen LogP contribution in [0, 0.1) is 28.6 Å². The monoisotopic (exact) mass is 298 g/mol. The molecule has 0 saturated carbocycles. The molecule has 1 fully saturated rings. The van der Waals surface area contributed by atoms with Crippen LogP contribution in [-0.4, -0.2) is 24.5 Å². The molecule has 0 amide bonds. The number of esters is 3. The Labute approximate surface area is 126 Å². The minimum absolute atomic E-state index is 0.291. The summed E-state index contributed by atoms with van der Waals surface area (Å²) >= 11 is 0. The van der Waals surface area contributed by atoms with Gasteiger partial charge in [0, 0.05) is 0 Å². The highest BCUT2D eigenvalue weighted by atomic mass is 16.6. The molecule has 5 nitrogen and oxygen atoms in total. The summed E-state index contributed by atoms with van der Waals surface area (Å²) in [5.41, 5.74) is -1.14. The third-order valence-electron chi connectivity index (χ3n) is 5.49. The van der Waals surface area contributed by atoms with Crippen LogP contribution in [0.3, 0.4) is 0 Å². The minimum Gasteiger partial charge on any atom is -0.466 e. The zero-order chi connectivity index (χ0) is 16.6. The zero-order valence-electron chi connectivity index (χ0n) is 14.0. The summed E-state index contributed by atoms with van der Waals surface area (Å²) in [6.07, 6.45) is 0. The van der Waals surface area contributed by atoms with E-state index in [0.29, 0.717) is 6.61 Å². The standard InChI is InChI=1S/C16H26O5/c1-8-20-13(18)10(3)15(4,5)16(6,7)11-9(2)12(17)21-14(11)19/h9-11H,8H2,1-7H3. The van der Waals surface area contributed by atoms with Gasteiger partial charge in [-0.1, -0.05) is 41.5 Å². The number of hydrogen-bond donors (Lipinski definition) is 0. The summed E-state index contributed by atoms with van der Waals surface area (Å²) in [7, 11) is 0. The van der Waals surface area contributed by atoms with Crippen LogP contribution in [0.4, 0.5) is 0 Å². The molecule has 0 aromatic carbocycles. The summed E-state index contributed by atoms with van der Waals surface area (Å²) in [6.45, 7) is 13.2. The Morgan fingerprint density at radius 2 is 1.76 bits per heavy atom. The van der Waals surface area contributed by atoms with E-state index in [1.165, 1.54) is 0 Å². The van der Waals surface area contributed by atoms with Gasteiger partial charge >= 0.3 is 17.9 Å². The number of carbonyl (C=O) groups excluding carboxylic acids is 3. The van der Waals surface area contributed by atoms with Crippen molar-refractivity contribution < 1.29 is 23.9 Å². The van der Waals surface area contributed by atoms with Gasteiger partial charge in [0.25, 0.3) is 0 Å². The number of cyclic esters (lactones) is 2. The third kappa shape index (κ3) is 2.83. The second-order valence-electron chi connectivity index (χ2n) is 6.92. The van der Waals surface area contributed by atoms with Gasteiger partial charge < -0.3 is 9.47 Å². The Hall–Kier alpha value is -1.39. The van der Waals surface area contributed by atoms with E-state index in [1.54, 1.807) is 20.8 Å². The fourth-order valence-electron chi connectivity index (χ4n) is 3.04. The van der Waals surface area contributed by atoms with Crippen molar-refractivity contribution in [1.82, 2.24) is 0 Å². The number of rotatable bonds is 5. The highest BCUT2D eigenvalue weighted by molar-refractivity contribution is 5.96. The maximum atomic E-state index is 12.1. The normalized spacial score (nSPS) is 24.7. The zero-order valence-corrected chi connectivity index (χ0v) is 14.0. The third-order valence-corrected chi connectivity index (χ3v) is 5.49. The van der Waals surface area contributed by atoms with Gasteiger partial charge in [0.2, 0.25) is 0 Å². The van der Waals surface area contributed by atoms with Gasteiger partial charge in [-0.15, -0.1) is 0 Å². The largest absolute Gasteiger partial charge is 0.466 e. The minimum atomic E-state index is -0.595. The van der Waals surface area contributed by atoms with Crippen molar-refractivity contribution in [2.24, 2.45) is 28.6 Å². The summed E-state index contributed by atoms with van der Waals surface area (Å²) in [5.74, 6) is -2.73. The van der Waals surface area contributed by atoms with Crippen LogP contribution in [0.5, 0.6) is 0 Å². The molecule has 0 N–H and O–H groups in total. The number of hydrogen-bond acceptors (Lipinski definition) is 5. The second-order valence-corrected chi connectivity index (χ2v) is 6.92. The predicted molar refractivity (Wildman–Crippen MR) is 77.1 cm³/mol. The molecule has 5 heteroatoms. The molecule has 0 bridgehead atoms. The van der Waals surface area contributed by atoms with Gasteiger partial charge in [0.05, 0.1) is 24.4 Å². The summed E-state index contributed by atoms with van der Waals surface area (Å²) in [6, 6.07) is 0. The fourth-order valence-corrected chi connectivity index (χ4v) is 3.04. The first kappa shape index (κ1) is 17.7. The Balaban J connectivity index is 3.12. The molecule has 120 valence electrons. The van der Waals surface area contributed by atoms with Gasteiger partial charge in [0.15, 0.2) is 0 Å². The van der Waals surface area contributed by atoms with Crippen molar-refractivity contribution in [2.75, 3.05) is 6.61 Å². The lowest BCUT2D eigenvalue weighted by Gasteiger charge is -2.47. The smallest absolute Gasteiger partial charge is 0.318 e. The van der Waals surface area contributed by atoms with Crippen molar-refractivity contribution in [3.05, 3.63) is 0 Å². The van der Waals surface area contributed by atoms with Crippen LogP contribution in [0.25, 0.3) is 0 Å². The molecule has 1 aliphatic heterocycles. The van der Waals surface area contributed by atoms with Gasteiger partial charge in [-0.2, -0.15) is 0 Å². The van der Waals surface area contributed by atoms with Crippen molar-refractivity contribution in [2.45, 2.75) is 48.5 Å². The average Bonchev–Trinajstić information content (AvgIpc) is 2.62. The molecule has 1 saturated heterocycles. The molecule has 3 unspecified atom stereocenters. The summed E-state index contributed by atoms with van der Waals surface area (Å²) in [4.78, 5) is 35.8. The van der Waals surface area contributed by atoms with E-state index in [0.717, 1.165) is 0 Å². The molecule has 3 atom stereocenters. The molecular formula is C16H26O5. The first-order valence-electron chi connectivity index (χ1n) is 7.40. The van der Waals surface area contributed by atoms with E-state index in [-0.39, 0.29) is 5.97 Å². The molecule has 21 heavy (non-hydrogen) atoms. The van der Waals surface area contributed by atoms with E-state index in [9.17, 15) is 14.4 Å². The predicted octanol–water partition coefficient (Wildman–Crippen LogP) is 2.57. The van der Waals surface area contributed by atoms with Crippen molar-refractivity contribution >= 4 is 17.9 Å². The fraction of sp³-hybridized carbons (Fsp3) is 0.812. The van der Waals surface area contributed by atoms with Crippen LogP contribution in [0.15, 0.2) is 0 Å². The molecule has 1 heterocycles. The van der Waals surface area contributed by atoms with E-state index < -0.39 is 40.5 Å². The molecule has 1 aliphatic rings.